The minimum Gasteiger partial charge on any atom is -0.388 e. The van der Waals surface area contributed by atoms with E-state index in [2.05, 4.69) is 15.3 Å². The molecule has 4 aromatic rings. The Hall–Kier alpha value is -3.31. The zero-order valence-electron chi connectivity index (χ0n) is 14.9. The number of hydrogen-bond donors (Lipinski definition) is 1. The van der Waals surface area contributed by atoms with Gasteiger partial charge in [-0.15, -0.1) is 11.3 Å². The monoisotopic (exact) mass is 373 g/mol. The van der Waals surface area contributed by atoms with Crippen molar-refractivity contribution in [3.63, 3.8) is 0 Å². The predicted octanol–water partition coefficient (Wildman–Crippen LogP) is 5.41. The molecule has 0 spiro atoms. The Labute approximate surface area is 162 Å². The molecule has 0 bridgehead atoms. The van der Waals surface area contributed by atoms with Crippen LogP contribution in [0.2, 0.25) is 0 Å². The number of aldehydes is 1. The molecule has 4 rings (SSSR count). The van der Waals surface area contributed by atoms with Gasteiger partial charge in [0.15, 0.2) is 6.29 Å². The molecule has 0 aliphatic carbocycles. The summed E-state index contributed by atoms with van der Waals surface area (Å²) in [6.07, 6.45) is 4.33. The van der Waals surface area contributed by atoms with Crippen molar-refractivity contribution >= 4 is 23.3 Å². The van der Waals surface area contributed by atoms with Crippen molar-refractivity contribution in [1.82, 2.24) is 9.97 Å². The summed E-state index contributed by atoms with van der Waals surface area (Å²) in [6.45, 7) is 0. The van der Waals surface area contributed by atoms with Gasteiger partial charge in [-0.3, -0.25) is 9.78 Å². The van der Waals surface area contributed by atoms with Crippen LogP contribution in [0.4, 0.5) is 5.69 Å². The van der Waals surface area contributed by atoms with E-state index in [1.807, 2.05) is 79.8 Å². The standard InChI is InChI=1S/C15H10N2OS.C7H9N/c18-10-13-14(11-5-2-1-3-6-11)17-15(19-13)12-7-4-8-16-9-12;1-8-7-5-3-2-4-6-7/h1-10H;2-6,8H,1H3. The van der Waals surface area contributed by atoms with Crippen LogP contribution >= 0.6 is 11.3 Å². The van der Waals surface area contributed by atoms with E-state index in [1.165, 1.54) is 11.3 Å². The Kier molecular flexibility index (Phi) is 6.44. The number of benzene rings is 2. The molecule has 1 N–H and O–H groups in total. The predicted molar refractivity (Wildman–Crippen MR) is 112 cm³/mol. The van der Waals surface area contributed by atoms with E-state index < -0.39 is 0 Å². The topological polar surface area (TPSA) is 54.9 Å². The van der Waals surface area contributed by atoms with Gasteiger partial charge in [0.1, 0.15) is 5.01 Å². The second kappa shape index (κ2) is 9.40. The molecule has 0 unspecified atom stereocenters. The molecular formula is C22H19N3OS. The quantitative estimate of drug-likeness (QED) is 0.486. The Bertz CT molecular complexity index is 970. The number of aromatic nitrogens is 2. The van der Waals surface area contributed by atoms with E-state index in [4.69, 9.17) is 0 Å². The van der Waals surface area contributed by atoms with Crippen LogP contribution < -0.4 is 5.32 Å². The van der Waals surface area contributed by atoms with Crippen molar-refractivity contribution in [2.75, 3.05) is 12.4 Å². The summed E-state index contributed by atoms with van der Waals surface area (Å²) < 4.78 is 0. The molecule has 0 saturated carbocycles. The van der Waals surface area contributed by atoms with Gasteiger partial charge in [0, 0.05) is 36.3 Å². The van der Waals surface area contributed by atoms with Gasteiger partial charge < -0.3 is 5.32 Å². The lowest BCUT2D eigenvalue weighted by molar-refractivity contribution is 0.112. The minimum absolute atomic E-state index is 0.644. The first-order chi connectivity index (χ1) is 13.3. The van der Waals surface area contributed by atoms with Gasteiger partial charge >= 0.3 is 0 Å². The maximum atomic E-state index is 11.2. The van der Waals surface area contributed by atoms with E-state index >= 15 is 0 Å². The van der Waals surface area contributed by atoms with Crippen molar-refractivity contribution in [3.05, 3.63) is 90.1 Å². The molecule has 0 aliphatic rings. The highest BCUT2D eigenvalue weighted by Gasteiger charge is 2.13. The van der Waals surface area contributed by atoms with Crippen LogP contribution in [0, 0.1) is 0 Å². The number of nitrogens with zero attached hydrogens (tertiary/aromatic N) is 2. The van der Waals surface area contributed by atoms with Gasteiger partial charge in [-0.2, -0.15) is 0 Å². The minimum atomic E-state index is 0.644. The molecule has 4 nitrogen and oxygen atoms in total. The summed E-state index contributed by atoms with van der Waals surface area (Å²) in [7, 11) is 1.91. The normalized spacial score (nSPS) is 9.81. The number of pyridine rings is 1. The van der Waals surface area contributed by atoms with E-state index in [9.17, 15) is 4.79 Å². The van der Waals surface area contributed by atoms with Crippen molar-refractivity contribution < 1.29 is 4.79 Å². The summed E-state index contributed by atoms with van der Waals surface area (Å²) in [5.41, 5.74) is 3.78. The fourth-order valence-electron chi connectivity index (χ4n) is 2.43. The van der Waals surface area contributed by atoms with E-state index in [1.54, 1.807) is 12.4 Å². The smallest absolute Gasteiger partial charge is 0.162 e. The maximum Gasteiger partial charge on any atom is 0.162 e. The molecular weight excluding hydrogens is 354 g/mol. The first kappa shape index (κ1) is 18.5. The number of hydrogen-bond acceptors (Lipinski definition) is 5. The molecule has 5 heteroatoms. The molecule has 0 fully saturated rings. The fraction of sp³-hybridized carbons (Fsp3) is 0.0455. The average Bonchev–Trinajstić information content (AvgIpc) is 3.21. The van der Waals surface area contributed by atoms with Crippen LogP contribution in [-0.2, 0) is 0 Å². The van der Waals surface area contributed by atoms with E-state index in [0.717, 1.165) is 33.8 Å². The van der Waals surface area contributed by atoms with Gasteiger partial charge in [-0.25, -0.2) is 4.98 Å². The number of rotatable bonds is 4. The van der Waals surface area contributed by atoms with Gasteiger partial charge in [0.2, 0.25) is 0 Å². The Morgan fingerprint density at radius 1 is 0.889 bits per heavy atom. The first-order valence-corrected chi connectivity index (χ1v) is 9.28. The lowest BCUT2D eigenvalue weighted by atomic mass is 10.1. The number of anilines is 1. The lowest BCUT2D eigenvalue weighted by Gasteiger charge is -1.96. The zero-order valence-corrected chi connectivity index (χ0v) is 15.7. The number of carbonyl (C=O) groups is 1. The number of nitrogens with one attached hydrogen (secondary N) is 1. The van der Waals surface area contributed by atoms with Crippen molar-refractivity contribution in [1.29, 1.82) is 0 Å². The Morgan fingerprint density at radius 2 is 1.56 bits per heavy atom. The van der Waals surface area contributed by atoms with Crippen LogP contribution in [0.5, 0.6) is 0 Å². The van der Waals surface area contributed by atoms with Gasteiger partial charge in [0.25, 0.3) is 0 Å². The second-order valence-corrected chi connectivity index (χ2v) is 6.60. The SMILES string of the molecule is CNc1ccccc1.O=Cc1sc(-c2cccnc2)nc1-c1ccccc1. The molecule has 2 aromatic carbocycles. The first-order valence-electron chi connectivity index (χ1n) is 8.46. The van der Waals surface area contributed by atoms with Crippen LogP contribution in [0.3, 0.4) is 0 Å². The third-order valence-electron chi connectivity index (χ3n) is 3.78. The van der Waals surface area contributed by atoms with Crippen molar-refractivity contribution in [2.45, 2.75) is 0 Å². The molecule has 0 radical (unpaired) electrons. The molecule has 0 atom stereocenters. The van der Waals surface area contributed by atoms with Crippen LogP contribution in [0.25, 0.3) is 21.8 Å². The maximum absolute atomic E-state index is 11.2. The van der Waals surface area contributed by atoms with Crippen molar-refractivity contribution in [2.24, 2.45) is 0 Å². The molecule has 0 aliphatic heterocycles. The number of para-hydroxylation sites is 1. The lowest BCUT2D eigenvalue weighted by Crippen LogP contribution is -1.84. The van der Waals surface area contributed by atoms with Crippen LogP contribution in [-0.4, -0.2) is 23.3 Å². The molecule has 2 aromatic heterocycles. The molecule has 134 valence electrons. The van der Waals surface area contributed by atoms with Gasteiger partial charge in [-0.1, -0.05) is 48.5 Å². The van der Waals surface area contributed by atoms with Gasteiger partial charge in [-0.05, 0) is 24.3 Å². The largest absolute Gasteiger partial charge is 0.388 e. The summed E-state index contributed by atoms with van der Waals surface area (Å²) in [5.74, 6) is 0. The Morgan fingerprint density at radius 3 is 2.11 bits per heavy atom. The number of carbonyl (C=O) groups excluding carboxylic acids is 1. The second-order valence-electron chi connectivity index (χ2n) is 5.57. The number of thiazole rings is 1. The Balaban J connectivity index is 0.000000221. The highest BCUT2D eigenvalue weighted by atomic mass is 32.1. The summed E-state index contributed by atoms with van der Waals surface area (Å²) in [6, 6.07) is 23.6. The van der Waals surface area contributed by atoms with E-state index in [0.29, 0.717) is 4.88 Å². The molecule has 0 saturated heterocycles. The highest BCUT2D eigenvalue weighted by molar-refractivity contribution is 7.17. The fourth-order valence-corrected chi connectivity index (χ4v) is 3.32. The van der Waals surface area contributed by atoms with Crippen LogP contribution in [0.1, 0.15) is 9.67 Å². The third-order valence-corrected chi connectivity index (χ3v) is 4.81. The van der Waals surface area contributed by atoms with Gasteiger partial charge in [0.05, 0.1) is 10.6 Å². The molecule has 0 amide bonds. The summed E-state index contributed by atoms with van der Waals surface area (Å²) in [5, 5.41) is 3.84. The third kappa shape index (κ3) is 4.86. The summed E-state index contributed by atoms with van der Waals surface area (Å²) >= 11 is 1.39. The highest BCUT2D eigenvalue weighted by Crippen LogP contribution is 2.32. The average molecular weight is 373 g/mol. The molecule has 27 heavy (non-hydrogen) atoms. The molecule has 2 heterocycles. The van der Waals surface area contributed by atoms with E-state index in [-0.39, 0.29) is 0 Å². The zero-order chi connectivity index (χ0) is 18.9. The van der Waals surface area contributed by atoms with Crippen LogP contribution in [0.15, 0.2) is 85.2 Å². The summed E-state index contributed by atoms with van der Waals surface area (Å²) in [4.78, 5) is 20.5. The van der Waals surface area contributed by atoms with Crippen molar-refractivity contribution in [3.8, 4) is 21.8 Å².